The number of nitrogens with one attached hydrogen (secondary N) is 2. The van der Waals surface area contributed by atoms with Gasteiger partial charge in [0.05, 0.1) is 12.2 Å². The first-order valence-electron chi connectivity index (χ1n) is 12.3. The maximum atomic E-state index is 13.1. The van der Waals surface area contributed by atoms with Crippen molar-refractivity contribution in [3.8, 4) is 16.9 Å². The van der Waals surface area contributed by atoms with Gasteiger partial charge in [0.15, 0.2) is 0 Å². The fraction of sp³-hybridized carbons (Fsp3) is 0.310. The monoisotopic (exact) mass is 527 g/mol. The van der Waals surface area contributed by atoms with E-state index in [1.54, 1.807) is 54.6 Å². The molecule has 0 aromatic heterocycles. The Labute approximate surface area is 220 Å². The summed E-state index contributed by atoms with van der Waals surface area (Å²) in [6, 6.07) is 17.9. The van der Waals surface area contributed by atoms with E-state index in [9.17, 15) is 22.8 Å². The molecule has 3 rings (SSSR count). The molecule has 0 heterocycles. The highest BCUT2D eigenvalue weighted by molar-refractivity contribution is 5.98. The number of amides is 2. The van der Waals surface area contributed by atoms with Crippen molar-refractivity contribution in [2.45, 2.75) is 25.6 Å². The van der Waals surface area contributed by atoms with Crippen LogP contribution in [0.1, 0.15) is 28.4 Å². The number of carbonyl (C=O) groups excluding carboxylic acids is 2. The number of ether oxygens (including phenoxy) is 1. The third-order valence-electron chi connectivity index (χ3n) is 5.80. The number of halogens is 3. The minimum atomic E-state index is -4.43. The first-order chi connectivity index (χ1) is 18.1. The van der Waals surface area contributed by atoms with Gasteiger partial charge in [-0.15, -0.1) is 0 Å². The molecule has 1 atom stereocenters. The number of nitrogens with zero attached hydrogens (tertiary/aromatic N) is 1. The van der Waals surface area contributed by atoms with Crippen LogP contribution in [0.25, 0.3) is 11.1 Å². The van der Waals surface area contributed by atoms with E-state index < -0.39 is 23.7 Å². The van der Waals surface area contributed by atoms with E-state index in [0.29, 0.717) is 42.1 Å². The van der Waals surface area contributed by atoms with E-state index in [2.05, 4.69) is 10.6 Å². The first-order valence-corrected chi connectivity index (χ1v) is 12.3. The Kier molecular flexibility index (Phi) is 9.90. The summed E-state index contributed by atoms with van der Waals surface area (Å²) in [5.74, 6) is -0.194. The summed E-state index contributed by atoms with van der Waals surface area (Å²) < 4.78 is 44.8. The van der Waals surface area contributed by atoms with Crippen LogP contribution < -0.4 is 15.4 Å². The Morgan fingerprint density at radius 3 is 2.32 bits per heavy atom. The summed E-state index contributed by atoms with van der Waals surface area (Å²) in [4.78, 5) is 27.9. The average molecular weight is 528 g/mol. The third kappa shape index (κ3) is 8.34. The van der Waals surface area contributed by atoms with Crippen molar-refractivity contribution in [3.05, 3.63) is 89.5 Å². The summed E-state index contributed by atoms with van der Waals surface area (Å²) in [5, 5.41) is 5.67. The normalized spacial score (nSPS) is 12.2. The number of carbonyl (C=O) groups is 2. The number of likely N-dealkylation sites (N-methyl/N-ethyl adjacent to an activating group) is 1. The van der Waals surface area contributed by atoms with Crippen molar-refractivity contribution >= 4 is 11.8 Å². The van der Waals surface area contributed by atoms with Crippen LogP contribution in [0.5, 0.6) is 5.75 Å². The van der Waals surface area contributed by atoms with Crippen molar-refractivity contribution < 1.29 is 27.5 Å². The second-order valence-electron chi connectivity index (χ2n) is 9.06. The lowest BCUT2D eigenvalue weighted by atomic mass is 9.99. The molecule has 6 nitrogen and oxygen atoms in total. The van der Waals surface area contributed by atoms with E-state index in [0.717, 1.165) is 17.7 Å². The lowest BCUT2D eigenvalue weighted by Crippen LogP contribution is -2.49. The molecule has 202 valence electrons. The Bertz CT molecular complexity index is 1230. The zero-order chi connectivity index (χ0) is 27.7. The molecule has 0 saturated heterocycles. The first kappa shape index (κ1) is 28.7. The molecule has 2 amide bonds. The van der Waals surface area contributed by atoms with E-state index in [4.69, 9.17) is 4.74 Å². The van der Waals surface area contributed by atoms with Crippen LogP contribution in [0, 0.1) is 0 Å². The van der Waals surface area contributed by atoms with Gasteiger partial charge in [-0.1, -0.05) is 42.5 Å². The molecule has 38 heavy (non-hydrogen) atoms. The van der Waals surface area contributed by atoms with Crippen LogP contribution in [0.4, 0.5) is 13.2 Å². The summed E-state index contributed by atoms with van der Waals surface area (Å²) in [5.41, 5.74) is 1.44. The fourth-order valence-electron chi connectivity index (χ4n) is 3.81. The summed E-state index contributed by atoms with van der Waals surface area (Å²) in [7, 11) is 3.78. The molecule has 0 aliphatic heterocycles. The zero-order valence-electron chi connectivity index (χ0n) is 21.6. The van der Waals surface area contributed by atoms with Gasteiger partial charge in [-0.3, -0.25) is 9.59 Å². The number of hydrogen-bond acceptors (Lipinski definition) is 4. The number of alkyl halides is 3. The van der Waals surface area contributed by atoms with Crippen molar-refractivity contribution in [1.82, 2.24) is 15.5 Å². The smallest absolute Gasteiger partial charge is 0.416 e. The van der Waals surface area contributed by atoms with E-state index in [-0.39, 0.29) is 12.3 Å². The summed E-state index contributed by atoms with van der Waals surface area (Å²) >= 11 is 0. The lowest BCUT2D eigenvalue weighted by Gasteiger charge is -2.20. The molecule has 0 aliphatic rings. The molecule has 1 unspecified atom stereocenters. The predicted octanol–water partition coefficient (Wildman–Crippen LogP) is 4.79. The molecule has 9 heteroatoms. The molecule has 0 spiro atoms. The van der Waals surface area contributed by atoms with Crippen molar-refractivity contribution in [3.63, 3.8) is 0 Å². The van der Waals surface area contributed by atoms with Gasteiger partial charge >= 0.3 is 6.18 Å². The Hall–Kier alpha value is -3.85. The summed E-state index contributed by atoms with van der Waals surface area (Å²) in [6.45, 7) is 3.35. The molecule has 0 saturated carbocycles. The molecule has 0 bridgehead atoms. The minimum Gasteiger partial charge on any atom is -0.494 e. The van der Waals surface area contributed by atoms with E-state index in [1.807, 2.05) is 25.9 Å². The molecule has 0 radical (unpaired) electrons. The maximum absolute atomic E-state index is 13.1. The maximum Gasteiger partial charge on any atom is 0.416 e. The van der Waals surface area contributed by atoms with Gasteiger partial charge in [0.25, 0.3) is 5.91 Å². The van der Waals surface area contributed by atoms with Crippen LogP contribution in [-0.4, -0.2) is 56.5 Å². The molecular weight excluding hydrogens is 495 g/mol. The standard InChI is InChI=1S/C29H32F3N3O3/c1-4-38-25-10-6-8-23(19-25)27(36)34-26(28(37)33-15-16-35(2)3)17-20-11-13-21(14-12-20)22-7-5-9-24(18-22)29(30,31)32/h5-14,18-19,26H,4,15-17H2,1-3H3,(H,33,37)(H,34,36). The molecular formula is C29H32F3N3O3. The fourth-order valence-corrected chi connectivity index (χ4v) is 3.81. The SMILES string of the molecule is CCOc1cccc(C(=O)NC(Cc2ccc(-c3cccc(C(F)(F)F)c3)cc2)C(=O)NCCN(C)C)c1. The predicted molar refractivity (Wildman–Crippen MR) is 141 cm³/mol. The van der Waals surface area contributed by atoms with Gasteiger partial charge in [-0.05, 0) is 68.0 Å². The minimum absolute atomic E-state index is 0.202. The van der Waals surface area contributed by atoms with Gasteiger partial charge in [0, 0.05) is 25.1 Å². The Balaban J connectivity index is 1.78. The van der Waals surface area contributed by atoms with Gasteiger partial charge < -0.3 is 20.3 Å². The number of benzene rings is 3. The van der Waals surface area contributed by atoms with Crippen LogP contribution in [0.3, 0.4) is 0 Å². The van der Waals surface area contributed by atoms with E-state index in [1.165, 1.54) is 6.07 Å². The second kappa shape index (κ2) is 13.1. The van der Waals surface area contributed by atoms with Crippen molar-refractivity contribution in [2.75, 3.05) is 33.8 Å². The van der Waals surface area contributed by atoms with Crippen LogP contribution in [0.2, 0.25) is 0 Å². The highest BCUT2D eigenvalue weighted by atomic mass is 19.4. The van der Waals surface area contributed by atoms with Crippen LogP contribution in [0.15, 0.2) is 72.8 Å². The van der Waals surface area contributed by atoms with Gasteiger partial charge in [-0.2, -0.15) is 13.2 Å². The second-order valence-corrected chi connectivity index (χ2v) is 9.06. The number of hydrogen-bond donors (Lipinski definition) is 2. The number of rotatable bonds is 11. The largest absolute Gasteiger partial charge is 0.494 e. The third-order valence-corrected chi connectivity index (χ3v) is 5.80. The molecule has 0 aliphatic carbocycles. The van der Waals surface area contributed by atoms with Gasteiger partial charge in [0.2, 0.25) is 5.91 Å². The highest BCUT2D eigenvalue weighted by Crippen LogP contribution is 2.32. The molecule has 2 N–H and O–H groups in total. The highest BCUT2D eigenvalue weighted by Gasteiger charge is 2.30. The van der Waals surface area contributed by atoms with Crippen LogP contribution in [-0.2, 0) is 17.4 Å². The van der Waals surface area contributed by atoms with Crippen LogP contribution >= 0.6 is 0 Å². The zero-order valence-corrected chi connectivity index (χ0v) is 21.6. The van der Waals surface area contributed by atoms with Crippen molar-refractivity contribution in [1.29, 1.82) is 0 Å². The summed E-state index contributed by atoms with van der Waals surface area (Å²) in [6.07, 6.45) is -4.23. The Morgan fingerprint density at radius 2 is 1.66 bits per heavy atom. The van der Waals surface area contributed by atoms with Gasteiger partial charge in [-0.25, -0.2) is 0 Å². The lowest BCUT2D eigenvalue weighted by molar-refractivity contribution is -0.137. The Morgan fingerprint density at radius 1 is 0.947 bits per heavy atom. The topological polar surface area (TPSA) is 70.7 Å². The average Bonchev–Trinajstić information content (AvgIpc) is 2.88. The molecule has 3 aromatic rings. The van der Waals surface area contributed by atoms with E-state index >= 15 is 0 Å². The van der Waals surface area contributed by atoms with Crippen molar-refractivity contribution in [2.24, 2.45) is 0 Å². The quantitative estimate of drug-likeness (QED) is 0.376. The molecule has 3 aromatic carbocycles. The molecule has 0 fully saturated rings. The van der Waals surface area contributed by atoms with Gasteiger partial charge in [0.1, 0.15) is 11.8 Å².